The Morgan fingerprint density at radius 3 is 2.85 bits per heavy atom. The second-order valence-corrected chi connectivity index (χ2v) is 2.95. The van der Waals surface area contributed by atoms with Crippen LogP contribution in [0.2, 0.25) is 5.02 Å². The molecule has 3 heteroatoms. The SMILES string of the molecule is Cc1cc(C#CCO)c(F)cc1Cl. The Bertz CT molecular complexity index is 376. The zero-order chi connectivity index (χ0) is 9.84. The van der Waals surface area contributed by atoms with Gasteiger partial charge in [-0.15, -0.1) is 0 Å². The summed E-state index contributed by atoms with van der Waals surface area (Å²) in [5.74, 6) is 4.41. The van der Waals surface area contributed by atoms with Crippen molar-refractivity contribution in [3.8, 4) is 11.8 Å². The molecule has 1 N–H and O–H groups in total. The van der Waals surface area contributed by atoms with Crippen LogP contribution in [0.3, 0.4) is 0 Å². The molecule has 0 saturated heterocycles. The Morgan fingerprint density at radius 2 is 2.23 bits per heavy atom. The highest BCUT2D eigenvalue weighted by Crippen LogP contribution is 2.19. The number of aryl methyl sites for hydroxylation is 1. The first kappa shape index (κ1) is 10.0. The topological polar surface area (TPSA) is 20.2 Å². The first-order chi connectivity index (χ1) is 6.15. The van der Waals surface area contributed by atoms with E-state index in [1.165, 1.54) is 6.07 Å². The van der Waals surface area contributed by atoms with Crippen molar-refractivity contribution >= 4 is 11.6 Å². The predicted octanol–water partition coefficient (Wildman–Crippen LogP) is 2.13. The minimum Gasteiger partial charge on any atom is -0.384 e. The van der Waals surface area contributed by atoms with E-state index in [1.54, 1.807) is 13.0 Å². The third-order valence-corrected chi connectivity index (χ3v) is 1.96. The molecule has 1 aromatic carbocycles. The van der Waals surface area contributed by atoms with Crippen LogP contribution in [0.15, 0.2) is 12.1 Å². The first-order valence-electron chi connectivity index (χ1n) is 3.70. The molecular weight excluding hydrogens is 191 g/mol. The molecule has 1 aromatic rings. The van der Waals surface area contributed by atoms with Crippen molar-refractivity contribution in [2.24, 2.45) is 0 Å². The summed E-state index contributed by atoms with van der Waals surface area (Å²) in [6.45, 7) is 1.49. The first-order valence-corrected chi connectivity index (χ1v) is 4.08. The van der Waals surface area contributed by atoms with Gasteiger partial charge in [0.25, 0.3) is 0 Å². The normalized spacial score (nSPS) is 9.23. The molecular formula is C10H8ClFO. The van der Waals surface area contributed by atoms with E-state index in [4.69, 9.17) is 16.7 Å². The van der Waals surface area contributed by atoms with Gasteiger partial charge in [-0.25, -0.2) is 4.39 Å². The monoisotopic (exact) mass is 198 g/mol. The number of aliphatic hydroxyl groups is 1. The van der Waals surface area contributed by atoms with Gasteiger partial charge < -0.3 is 5.11 Å². The van der Waals surface area contributed by atoms with Crippen LogP contribution < -0.4 is 0 Å². The van der Waals surface area contributed by atoms with Gasteiger partial charge in [0.1, 0.15) is 12.4 Å². The summed E-state index contributed by atoms with van der Waals surface area (Å²) in [7, 11) is 0. The summed E-state index contributed by atoms with van der Waals surface area (Å²) >= 11 is 5.68. The van der Waals surface area contributed by atoms with Crippen molar-refractivity contribution in [1.29, 1.82) is 0 Å². The van der Waals surface area contributed by atoms with Crippen LogP contribution in [0.1, 0.15) is 11.1 Å². The van der Waals surface area contributed by atoms with Crippen LogP contribution in [-0.2, 0) is 0 Å². The Hall–Kier alpha value is -1.04. The summed E-state index contributed by atoms with van der Waals surface area (Å²) in [6, 6.07) is 2.78. The van der Waals surface area contributed by atoms with Gasteiger partial charge in [0.15, 0.2) is 0 Å². The van der Waals surface area contributed by atoms with Crippen molar-refractivity contribution in [3.05, 3.63) is 34.1 Å². The molecule has 68 valence electrons. The van der Waals surface area contributed by atoms with Crippen molar-refractivity contribution in [3.63, 3.8) is 0 Å². The van der Waals surface area contributed by atoms with E-state index in [2.05, 4.69) is 11.8 Å². The standard InChI is InChI=1S/C10H8ClFO/c1-7-5-8(3-2-4-13)10(12)6-9(7)11/h5-6,13H,4H2,1H3. The average Bonchev–Trinajstić information content (AvgIpc) is 2.09. The molecule has 0 amide bonds. The van der Waals surface area contributed by atoms with Crippen LogP contribution >= 0.6 is 11.6 Å². The molecule has 0 heterocycles. The molecule has 0 aliphatic carbocycles. The van der Waals surface area contributed by atoms with E-state index in [1.807, 2.05) is 0 Å². The van der Waals surface area contributed by atoms with E-state index in [9.17, 15) is 4.39 Å². The van der Waals surface area contributed by atoms with Gasteiger partial charge in [-0.1, -0.05) is 23.4 Å². The fourth-order valence-corrected chi connectivity index (χ4v) is 1.04. The Labute approximate surface area is 81.2 Å². The maximum absolute atomic E-state index is 13.1. The predicted molar refractivity (Wildman–Crippen MR) is 50.1 cm³/mol. The van der Waals surface area contributed by atoms with E-state index < -0.39 is 5.82 Å². The van der Waals surface area contributed by atoms with Crippen molar-refractivity contribution in [2.75, 3.05) is 6.61 Å². The molecule has 0 spiro atoms. The van der Waals surface area contributed by atoms with Gasteiger partial charge in [-0.2, -0.15) is 0 Å². The van der Waals surface area contributed by atoms with Crippen molar-refractivity contribution in [1.82, 2.24) is 0 Å². The van der Waals surface area contributed by atoms with Crippen LogP contribution in [0.4, 0.5) is 4.39 Å². The molecule has 1 nitrogen and oxygen atoms in total. The summed E-state index contributed by atoms with van der Waals surface area (Å²) in [5, 5.41) is 8.80. The van der Waals surface area contributed by atoms with Gasteiger partial charge >= 0.3 is 0 Å². The zero-order valence-electron chi connectivity index (χ0n) is 7.06. The average molecular weight is 199 g/mol. The van der Waals surface area contributed by atoms with Gasteiger partial charge in [0, 0.05) is 5.02 Å². The number of benzene rings is 1. The molecule has 0 fully saturated rings. The molecule has 13 heavy (non-hydrogen) atoms. The molecule has 0 atom stereocenters. The second-order valence-electron chi connectivity index (χ2n) is 2.54. The van der Waals surface area contributed by atoms with Crippen LogP contribution in [-0.4, -0.2) is 11.7 Å². The minimum atomic E-state index is -0.462. The lowest BCUT2D eigenvalue weighted by atomic mass is 10.1. The maximum atomic E-state index is 13.1. The summed E-state index contributed by atoms with van der Waals surface area (Å²) in [5.41, 5.74) is 1.03. The molecule has 0 unspecified atom stereocenters. The Kier molecular flexibility index (Phi) is 3.30. The van der Waals surface area contributed by atoms with Crippen LogP contribution in [0, 0.1) is 24.6 Å². The smallest absolute Gasteiger partial charge is 0.140 e. The molecule has 0 saturated carbocycles. The zero-order valence-corrected chi connectivity index (χ0v) is 7.82. The Morgan fingerprint density at radius 1 is 1.54 bits per heavy atom. The van der Waals surface area contributed by atoms with Crippen molar-refractivity contribution < 1.29 is 9.50 Å². The summed E-state index contributed by atoms with van der Waals surface area (Å²) in [4.78, 5) is 0. The lowest BCUT2D eigenvalue weighted by Gasteiger charge is -1.99. The largest absolute Gasteiger partial charge is 0.384 e. The van der Waals surface area contributed by atoms with E-state index in [-0.39, 0.29) is 12.2 Å². The summed E-state index contributed by atoms with van der Waals surface area (Å²) in [6.07, 6.45) is 0. The van der Waals surface area contributed by atoms with Crippen molar-refractivity contribution in [2.45, 2.75) is 6.92 Å². The van der Waals surface area contributed by atoms with E-state index in [0.29, 0.717) is 5.02 Å². The number of hydrogen-bond donors (Lipinski definition) is 1. The van der Waals surface area contributed by atoms with Gasteiger partial charge in [0.2, 0.25) is 0 Å². The molecule has 0 radical (unpaired) electrons. The fraction of sp³-hybridized carbons (Fsp3) is 0.200. The lowest BCUT2D eigenvalue weighted by Crippen LogP contribution is -1.87. The lowest BCUT2D eigenvalue weighted by molar-refractivity contribution is 0.350. The van der Waals surface area contributed by atoms with Gasteiger partial charge in [-0.3, -0.25) is 0 Å². The number of rotatable bonds is 0. The fourth-order valence-electron chi connectivity index (χ4n) is 0.888. The molecule has 0 bridgehead atoms. The van der Waals surface area contributed by atoms with Gasteiger partial charge in [-0.05, 0) is 24.6 Å². The highest BCUT2D eigenvalue weighted by Gasteiger charge is 2.02. The quantitative estimate of drug-likeness (QED) is 0.634. The van der Waals surface area contributed by atoms with Crippen LogP contribution in [0.25, 0.3) is 0 Å². The Balaban J connectivity index is 3.16. The summed E-state index contributed by atoms with van der Waals surface area (Å²) < 4.78 is 13.1. The minimum absolute atomic E-state index is 0.260. The highest BCUT2D eigenvalue weighted by molar-refractivity contribution is 6.31. The third-order valence-electron chi connectivity index (χ3n) is 1.55. The molecule has 0 aromatic heterocycles. The second kappa shape index (κ2) is 4.27. The number of aliphatic hydroxyl groups excluding tert-OH is 1. The highest BCUT2D eigenvalue weighted by atomic mass is 35.5. The maximum Gasteiger partial charge on any atom is 0.140 e. The number of hydrogen-bond acceptors (Lipinski definition) is 1. The third kappa shape index (κ3) is 2.45. The molecule has 1 rings (SSSR count). The van der Waals surface area contributed by atoms with E-state index in [0.717, 1.165) is 5.56 Å². The van der Waals surface area contributed by atoms with Crippen LogP contribution in [0.5, 0.6) is 0 Å². The van der Waals surface area contributed by atoms with Gasteiger partial charge in [0.05, 0.1) is 5.56 Å². The molecule has 0 aliphatic rings. The number of halogens is 2. The van der Waals surface area contributed by atoms with E-state index >= 15 is 0 Å². The molecule has 0 aliphatic heterocycles.